The molecule has 0 bridgehead atoms. The van der Waals surface area contributed by atoms with E-state index in [1.54, 1.807) is 0 Å². The fourth-order valence-corrected chi connectivity index (χ4v) is 1.20. The minimum absolute atomic E-state index is 0.103. The maximum absolute atomic E-state index is 11.6. The van der Waals surface area contributed by atoms with E-state index < -0.39 is 19.8 Å². The molecule has 0 radical (unpaired) electrons. The van der Waals surface area contributed by atoms with Gasteiger partial charge in [-0.05, 0) is 6.92 Å². The highest BCUT2D eigenvalue weighted by atomic mass is 31.2. The average Bonchev–Trinajstić information content (AvgIpc) is 2.33. The van der Waals surface area contributed by atoms with Crippen molar-refractivity contribution in [3.63, 3.8) is 0 Å². The van der Waals surface area contributed by atoms with Crippen LogP contribution in [0.3, 0.4) is 0 Å². The molecular formula is C8H11O8P. The molecule has 0 spiro atoms. The first-order chi connectivity index (χ1) is 7.97. The van der Waals surface area contributed by atoms with Gasteiger partial charge in [-0.25, -0.2) is 14.2 Å². The Labute approximate surface area is 97.2 Å². The largest absolute Gasteiger partial charge is 0.547 e. The summed E-state index contributed by atoms with van der Waals surface area (Å²) in [6, 6.07) is 0. The van der Waals surface area contributed by atoms with Gasteiger partial charge in [-0.15, -0.1) is 0 Å². The predicted molar refractivity (Wildman–Crippen MR) is 54.0 cm³/mol. The predicted octanol–water partition coefficient (Wildman–Crippen LogP) is 1.45. The molecular weight excluding hydrogens is 255 g/mol. The number of rotatable bonds is 8. The standard InChI is InChI=1S/C8H11O8P/c1-4-7(9)13-15-17(11,12-6-3)16-14-8(10)5-2/h4-5H,1-2,6H2,3H3. The van der Waals surface area contributed by atoms with E-state index in [1.807, 2.05) is 0 Å². The highest BCUT2D eigenvalue weighted by Crippen LogP contribution is 2.49. The van der Waals surface area contributed by atoms with Crippen LogP contribution in [0.4, 0.5) is 0 Å². The minimum atomic E-state index is -4.34. The maximum atomic E-state index is 11.6. The van der Waals surface area contributed by atoms with E-state index in [2.05, 4.69) is 36.8 Å². The van der Waals surface area contributed by atoms with Crippen molar-refractivity contribution in [1.29, 1.82) is 0 Å². The molecule has 0 fully saturated rings. The van der Waals surface area contributed by atoms with Crippen LogP contribution in [0.15, 0.2) is 25.3 Å². The summed E-state index contributed by atoms with van der Waals surface area (Å²) in [5.74, 6) is -2.05. The van der Waals surface area contributed by atoms with Gasteiger partial charge < -0.3 is 0 Å². The molecule has 0 rings (SSSR count). The Balaban J connectivity index is 4.39. The summed E-state index contributed by atoms with van der Waals surface area (Å²) in [4.78, 5) is 29.2. The Bertz CT molecular complexity index is 321. The fraction of sp³-hybridized carbons (Fsp3) is 0.250. The summed E-state index contributed by atoms with van der Waals surface area (Å²) >= 11 is 0. The molecule has 96 valence electrons. The van der Waals surface area contributed by atoms with Crippen LogP contribution in [0, 0.1) is 0 Å². The van der Waals surface area contributed by atoms with Gasteiger partial charge >= 0.3 is 19.8 Å². The minimum Gasteiger partial charge on any atom is -0.283 e. The van der Waals surface area contributed by atoms with Crippen LogP contribution >= 0.6 is 7.82 Å². The van der Waals surface area contributed by atoms with Crippen molar-refractivity contribution in [3.05, 3.63) is 25.3 Å². The number of carbonyl (C=O) groups excluding carboxylic acids is 2. The molecule has 0 amide bonds. The first-order valence-electron chi connectivity index (χ1n) is 4.27. The second kappa shape index (κ2) is 7.75. The van der Waals surface area contributed by atoms with E-state index in [1.165, 1.54) is 6.92 Å². The van der Waals surface area contributed by atoms with Crippen LogP contribution in [0.25, 0.3) is 0 Å². The summed E-state index contributed by atoms with van der Waals surface area (Å²) in [6.07, 6.45) is 1.51. The Morgan fingerprint density at radius 3 is 1.82 bits per heavy atom. The highest BCUT2D eigenvalue weighted by Gasteiger charge is 2.32. The molecule has 17 heavy (non-hydrogen) atoms. The first kappa shape index (κ1) is 15.5. The van der Waals surface area contributed by atoms with Gasteiger partial charge in [0.15, 0.2) is 0 Å². The molecule has 0 N–H and O–H groups in total. The van der Waals surface area contributed by atoms with Gasteiger partial charge in [0.05, 0.1) is 6.61 Å². The van der Waals surface area contributed by atoms with Crippen molar-refractivity contribution in [1.82, 2.24) is 0 Å². The monoisotopic (exact) mass is 266 g/mol. The molecule has 0 saturated heterocycles. The van der Waals surface area contributed by atoms with Crippen LogP contribution in [0.1, 0.15) is 6.92 Å². The zero-order chi connectivity index (χ0) is 13.3. The second-order valence-corrected chi connectivity index (χ2v) is 3.68. The Morgan fingerprint density at radius 2 is 1.53 bits per heavy atom. The van der Waals surface area contributed by atoms with Crippen LogP contribution < -0.4 is 0 Å². The lowest BCUT2D eigenvalue weighted by Gasteiger charge is -2.12. The van der Waals surface area contributed by atoms with Crippen molar-refractivity contribution >= 4 is 19.8 Å². The number of hydrogen-bond donors (Lipinski definition) is 0. The van der Waals surface area contributed by atoms with E-state index in [9.17, 15) is 14.2 Å². The molecule has 9 heteroatoms. The van der Waals surface area contributed by atoms with Crippen molar-refractivity contribution in [2.45, 2.75) is 6.92 Å². The molecule has 0 atom stereocenters. The lowest BCUT2D eigenvalue weighted by Crippen LogP contribution is -2.07. The van der Waals surface area contributed by atoms with E-state index >= 15 is 0 Å². The van der Waals surface area contributed by atoms with Gasteiger partial charge in [-0.3, -0.25) is 14.3 Å². The van der Waals surface area contributed by atoms with Gasteiger partial charge in [-0.2, -0.15) is 0 Å². The summed E-state index contributed by atoms with van der Waals surface area (Å²) in [5, 5.41) is 0. The smallest absolute Gasteiger partial charge is 0.283 e. The molecule has 0 heterocycles. The Kier molecular flexibility index (Phi) is 7.08. The van der Waals surface area contributed by atoms with Crippen LogP contribution in [-0.4, -0.2) is 18.5 Å². The third-order valence-electron chi connectivity index (χ3n) is 1.04. The SMILES string of the molecule is C=CC(=O)OOP(=O)(OCC)OOC(=O)C=C. The number of phosphoric acid groups is 1. The summed E-state index contributed by atoms with van der Waals surface area (Å²) in [6.45, 7) is 7.50. The molecule has 0 aromatic rings. The topological polar surface area (TPSA) is 97.4 Å². The fourth-order valence-electron chi connectivity index (χ4n) is 0.446. The van der Waals surface area contributed by atoms with E-state index in [-0.39, 0.29) is 6.61 Å². The highest BCUT2D eigenvalue weighted by molar-refractivity contribution is 7.48. The summed E-state index contributed by atoms with van der Waals surface area (Å²) < 4.78 is 24.3. The molecule has 0 aromatic heterocycles. The summed E-state index contributed by atoms with van der Waals surface area (Å²) in [5.41, 5.74) is 0. The molecule has 0 aliphatic heterocycles. The van der Waals surface area contributed by atoms with Crippen LogP contribution in [-0.2, 0) is 37.8 Å². The van der Waals surface area contributed by atoms with Gasteiger partial charge in [0.25, 0.3) is 0 Å². The maximum Gasteiger partial charge on any atom is 0.547 e. The van der Waals surface area contributed by atoms with Crippen LogP contribution in [0.5, 0.6) is 0 Å². The van der Waals surface area contributed by atoms with E-state index in [4.69, 9.17) is 0 Å². The van der Waals surface area contributed by atoms with Crippen molar-refractivity contribution in [3.8, 4) is 0 Å². The molecule has 0 aliphatic carbocycles. The molecule has 0 saturated carbocycles. The summed E-state index contributed by atoms with van der Waals surface area (Å²) in [7, 11) is -4.34. The van der Waals surface area contributed by atoms with Crippen molar-refractivity contribution < 1.29 is 37.8 Å². The zero-order valence-electron chi connectivity index (χ0n) is 8.99. The van der Waals surface area contributed by atoms with E-state index in [0.717, 1.165) is 12.2 Å². The zero-order valence-corrected chi connectivity index (χ0v) is 9.88. The van der Waals surface area contributed by atoms with Gasteiger partial charge in [0, 0.05) is 12.2 Å². The molecule has 8 nitrogen and oxygen atoms in total. The molecule has 0 aliphatic rings. The first-order valence-corrected chi connectivity index (χ1v) is 5.73. The Morgan fingerprint density at radius 1 is 1.12 bits per heavy atom. The number of hydrogen-bond acceptors (Lipinski definition) is 8. The second-order valence-electron chi connectivity index (χ2n) is 2.23. The Hall–Kier alpha value is -1.47. The van der Waals surface area contributed by atoms with Crippen molar-refractivity contribution in [2.75, 3.05) is 6.61 Å². The lowest BCUT2D eigenvalue weighted by atomic mass is 10.7. The molecule has 0 aromatic carbocycles. The third-order valence-corrected chi connectivity index (χ3v) is 2.13. The van der Waals surface area contributed by atoms with E-state index in [0.29, 0.717) is 0 Å². The number of carbonyl (C=O) groups is 2. The van der Waals surface area contributed by atoms with Gasteiger partial charge in [0.2, 0.25) is 0 Å². The average molecular weight is 266 g/mol. The van der Waals surface area contributed by atoms with Crippen LogP contribution in [0.2, 0.25) is 0 Å². The van der Waals surface area contributed by atoms with Gasteiger partial charge in [-0.1, -0.05) is 22.5 Å². The molecule has 0 unspecified atom stereocenters. The quantitative estimate of drug-likeness (QED) is 0.282. The van der Waals surface area contributed by atoms with Gasteiger partial charge in [0.1, 0.15) is 0 Å². The lowest BCUT2D eigenvalue weighted by molar-refractivity contribution is -0.257. The third kappa shape index (κ3) is 6.64. The normalized spacial score (nSPS) is 10.4. The van der Waals surface area contributed by atoms with Crippen molar-refractivity contribution in [2.24, 2.45) is 0 Å².